The van der Waals surface area contributed by atoms with Gasteiger partial charge in [-0.15, -0.1) is 0 Å². The van der Waals surface area contributed by atoms with E-state index >= 15 is 0 Å². The summed E-state index contributed by atoms with van der Waals surface area (Å²) in [4.78, 5) is 44.2. The van der Waals surface area contributed by atoms with Crippen LogP contribution in [-0.2, 0) is 4.57 Å². The Morgan fingerprint density at radius 1 is 0.630 bits per heavy atom. The summed E-state index contributed by atoms with van der Waals surface area (Å²) in [6.07, 6.45) is 0. The molecule has 0 aliphatic heterocycles. The first-order valence-corrected chi connectivity index (χ1v) is 11.4. The van der Waals surface area contributed by atoms with Gasteiger partial charge in [0.1, 0.15) is 0 Å². The fourth-order valence-corrected chi connectivity index (χ4v) is 4.78. The summed E-state index contributed by atoms with van der Waals surface area (Å²) in [5.41, 5.74) is 0. The van der Waals surface area contributed by atoms with Crippen molar-refractivity contribution in [2.24, 2.45) is 0 Å². The average Bonchev–Trinajstić information content (AvgIpc) is 2.63. The molecule has 7 nitrogen and oxygen atoms in total. The van der Waals surface area contributed by atoms with Gasteiger partial charge in [-0.25, -0.2) is 4.57 Å². The van der Waals surface area contributed by atoms with Crippen molar-refractivity contribution in [3.8, 4) is 5.75 Å². The molecule has 0 fully saturated rings. The molecule has 0 saturated heterocycles. The van der Waals surface area contributed by atoms with Gasteiger partial charge in [-0.2, -0.15) is 0 Å². The molecule has 0 heterocycles. The molecule has 0 saturated carbocycles. The second kappa shape index (κ2) is 8.30. The van der Waals surface area contributed by atoms with Crippen molar-refractivity contribution in [3.05, 3.63) is 91.0 Å². The summed E-state index contributed by atoms with van der Waals surface area (Å²) >= 11 is 0. The zero-order valence-corrected chi connectivity index (χ0v) is 15.9. The number of rotatable bonds is 4. The molecule has 0 aliphatic carbocycles. The van der Waals surface area contributed by atoms with Gasteiger partial charge in [0.05, 0.1) is 0 Å². The Hall–Kier alpha value is -2.08. The van der Waals surface area contributed by atoms with Crippen LogP contribution in [0.5, 0.6) is 5.75 Å². The van der Waals surface area contributed by atoms with Gasteiger partial charge in [0, 0.05) is 0 Å². The third kappa shape index (κ3) is 5.96. The molecule has 0 spiro atoms. The first-order valence-electron chi connectivity index (χ1n) is 7.75. The Balaban J connectivity index is 0.000000465. The third-order valence-electron chi connectivity index (χ3n) is 3.46. The number of hydrogen-bond donors (Lipinski definition) is 5. The molecule has 0 radical (unpaired) electrons. The van der Waals surface area contributed by atoms with E-state index in [9.17, 15) is 9.79 Å². The summed E-state index contributed by atoms with van der Waals surface area (Å²) in [5, 5.41) is 0.729. The number of benzene rings is 3. The molecule has 0 bridgehead atoms. The van der Waals surface area contributed by atoms with E-state index in [1.807, 2.05) is 18.2 Å². The fourth-order valence-electron chi connectivity index (χ4n) is 2.33. The molecule has 144 valence electrons. The van der Waals surface area contributed by atoms with E-state index < -0.39 is 15.1 Å². The summed E-state index contributed by atoms with van der Waals surface area (Å²) in [5.74, 6) is 0.415. The molecule has 9 heteroatoms. The third-order valence-corrected chi connectivity index (χ3v) is 6.48. The number of phosphoric acid groups is 1. The van der Waals surface area contributed by atoms with Crippen molar-refractivity contribution in [3.63, 3.8) is 0 Å². The van der Waals surface area contributed by atoms with Gasteiger partial charge >= 0.3 is 137 Å². The molecule has 3 aromatic rings. The van der Waals surface area contributed by atoms with E-state index in [0.29, 0.717) is 16.4 Å². The zero-order chi connectivity index (χ0) is 20.0. The van der Waals surface area contributed by atoms with Crippen LogP contribution in [0, 0.1) is 0 Å². The molecule has 0 atom stereocenters. The SMILES string of the molecule is O=P(O)(O)O.OP(O)(Oc1ccccc1)(c1ccccc1)c1ccccc1. The van der Waals surface area contributed by atoms with Crippen molar-refractivity contribution >= 4 is 25.7 Å². The Bertz CT molecular complexity index is 845. The van der Waals surface area contributed by atoms with E-state index in [4.69, 9.17) is 23.8 Å². The van der Waals surface area contributed by atoms with Gasteiger partial charge in [-0.3, -0.25) is 0 Å². The maximum absolute atomic E-state index is 11.3. The van der Waals surface area contributed by atoms with Crippen LogP contribution in [0.1, 0.15) is 0 Å². The van der Waals surface area contributed by atoms with Gasteiger partial charge < -0.3 is 14.7 Å². The first kappa shape index (κ1) is 21.2. The molecule has 0 amide bonds. The quantitative estimate of drug-likeness (QED) is 0.417. The Labute approximate surface area is 156 Å². The predicted octanol–water partition coefficient (Wildman–Crippen LogP) is 2.07. The monoisotopic (exact) mass is 410 g/mol. The fraction of sp³-hybridized carbons (Fsp3) is 0. The van der Waals surface area contributed by atoms with Crippen LogP contribution in [0.4, 0.5) is 0 Å². The molecule has 27 heavy (non-hydrogen) atoms. The number of hydrogen-bond acceptors (Lipinski definition) is 4. The molecular formula is C18H20O7P2. The van der Waals surface area contributed by atoms with Gasteiger partial charge in [-0.05, 0) is 0 Å². The summed E-state index contributed by atoms with van der Waals surface area (Å²) in [6, 6.07) is 26.3. The van der Waals surface area contributed by atoms with E-state index in [1.165, 1.54) is 0 Å². The van der Waals surface area contributed by atoms with Crippen molar-refractivity contribution in [2.45, 2.75) is 0 Å². The maximum atomic E-state index is 11.3. The minimum atomic E-state index is -4.74. The van der Waals surface area contributed by atoms with Gasteiger partial charge in [0.25, 0.3) is 0 Å². The normalized spacial score (nSPS) is 12.9. The first-order chi connectivity index (χ1) is 12.6. The van der Waals surface area contributed by atoms with Gasteiger partial charge in [0.15, 0.2) is 0 Å². The summed E-state index contributed by atoms with van der Waals surface area (Å²) in [7, 11) is -9.38. The van der Waals surface area contributed by atoms with Crippen LogP contribution in [-0.4, -0.2) is 24.5 Å². The molecule has 3 rings (SSSR count). The standard InChI is InChI=1S/C18H17O3P.H3O4P/c19-22(20,17-12-6-2-7-13-17,18-14-8-3-9-15-18)21-16-10-4-1-5-11-16;1-5(2,3)4/h1-15,19-20H;(H3,1,2,3,4). The van der Waals surface area contributed by atoms with Gasteiger partial charge in [-0.1, -0.05) is 0 Å². The summed E-state index contributed by atoms with van der Waals surface area (Å²) < 4.78 is 14.7. The van der Waals surface area contributed by atoms with Crippen molar-refractivity contribution in [1.29, 1.82) is 0 Å². The van der Waals surface area contributed by atoms with Crippen LogP contribution in [0.3, 0.4) is 0 Å². The Morgan fingerprint density at radius 3 is 1.26 bits per heavy atom. The second-order valence-corrected chi connectivity index (χ2v) is 9.67. The molecule has 0 aromatic heterocycles. The average molecular weight is 410 g/mol. The molecule has 0 aliphatic rings. The molecule has 0 unspecified atom stereocenters. The predicted molar refractivity (Wildman–Crippen MR) is 105 cm³/mol. The van der Waals surface area contributed by atoms with E-state index in [0.717, 1.165) is 0 Å². The zero-order valence-electron chi connectivity index (χ0n) is 14.1. The van der Waals surface area contributed by atoms with Crippen molar-refractivity contribution < 1.29 is 33.6 Å². The van der Waals surface area contributed by atoms with Crippen LogP contribution in [0.25, 0.3) is 0 Å². The van der Waals surface area contributed by atoms with E-state index in [-0.39, 0.29) is 0 Å². The minimum absolute atomic E-state index is 0.364. The topological polar surface area (TPSA) is 127 Å². The van der Waals surface area contributed by atoms with Crippen LogP contribution >= 0.6 is 15.1 Å². The van der Waals surface area contributed by atoms with Gasteiger partial charge in [0.2, 0.25) is 0 Å². The molecule has 3 aromatic carbocycles. The Morgan fingerprint density at radius 2 is 0.926 bits per heavy atom. The summed E-state index contributed by atoms with van der Waals surface area (Å²) in [6.45, 7) is 0. The van der Waals surface area contributed by atoms with Crippen molar-refractivity contribution in [1.82, 2.24) is 0 Å². The van der Waals surface area contributed by atoms with Crippen LogP contribution in [0.15, 0.2) is 91.0 Å². The van der Waals surface area contributed by atoms with Crippen molar-refractivity contribution in [2.75, 3.05) is 0 Å². The molecular weight excluding hydrogens is 390 g/mol. The Kier molecular flexibility index (Phi) is 6.52. The molecule has 5 N–H and O–H groups in total. The van der Waals surface area contributed by atoms with E-state index in [2.05, 4.69) is 0 Å². The second-order valence-electron chi connectivity index (χ2n) is 5.54. The van der Waals surface area contributed by atoms with Crippen LogP contribution < -0.4 is 15.1 Å². The van der Waals surface area contributed by atoms with Crippen LogP contribution in [0.2, 0.25) is 0 Å². The van der Waals surface area contributed by atoms with E-state index in [1.54, 1.807) is 72.8 Å². The number of para-hydroxylation sites is 1.